The van der Waals surface area contributed by atoms with Gasteiger partial charge in [0, 0.05) is 22.2 Å². The summed E-state index contributed by atoms with van der Waals surface area (Å²) in [6.07, 6.45) is -8.18. The Bertz CT molecular complexity index is 1280. The highest BCUT2D eigenvalue weighted by atomic mass is 35.5. The van der Waals surface area contributed by atoms with Gasteiger partial charge < -0.3 is 24.1 Å². The number of carbonyl (C=O) groups is 1. The standard InChI is InChI=1S/C22H19ClF3N3O6/c1-32-13-6-4-5-11(19(13)34-3)18-12-7-10(23)8-14(33-2)17(12)29-20(15(35-18)9-16(30)31)27-28-21(29)22(24,25)26/h4-8,15,18H,9H2,1-3H3,(H,30,31)/t15-,18-/m0/s1. The maximum atomic E-state index is 14.0. The normalized spacial score (nSPS) is 17.2. The van der Waals surface area contributed by atoms with Crippen molar-refractivity contribution in [3.05, 3.63) is 58.1 Å². The van der Waals surface area contributed by atoms with Crippen LogP contribution >= 0.6 is 11.6 Å². The van der Waals surface area contributed by atoms with Gasteiger partial charge in [0.15, 0.2) is 17.3 Å². The molecular weight excluding hydrogens is 495 g/mol. The number of rotatable bonds is 6. The van der Waals surface area contributed by atoms with Gasteiger partial charge in [0.2, 0.25) is 5.82 Å². The van der Waals surface area contributed by atoms with Crippen LogP contribution in [0.4, 0.5) is 13.2 Å². The summed E-state index contributed by atoms with van der Waals surface area (Å²) in [5, 5.41) is 16.6. The molecule has 2 aromatic carbocycles. The van der Waals surface area contributed by atoms with E-state index >= 15 is 0 Å². The van der Waals surface area contributed by atoms with E-state index in [1.54, 1.807) is 18.2 Å². The van der Waals surface area contributed by atoms with Crippen molar-refractivity contribution in [1.29, 1.82) is 0 Å². The molecule has 1 aromatic heterocycles. The second kappa shape index (κ2) is 9.27. The average molecular weight is 514 g/mol. The smallest absolute Gasteiger partial charge is 0.452 e. The summed E-state index contributed by atoms with van der Waals surface area (Å²) in [6, 6.07) is 7.64. The minimum atomic E-state index is -4.92. The van der Waals surface area contributed by atoms with Crippen LogP contribution in [0, 0.1) is 0 Å². The van der Waals surface area contributed by atoms with E-state index in [0.717, 1.165) is 0 Å². The Hall–Kier alpha value is -3.51. The third kappa shape index (κ3) is 4.34. The van der Waals surface area contributed by atoms with Crippen LogP contribution in [0.1, 0.15) is 41.4 Å². The number of carboxylic acids is 1. The second-order valence-corrected chi connectivity index (χ2v) is 7.88. The van der Waals surface area contributed by atoms with E-state index in [-0.39, 0.29) is 33.6 Å². The number of aliphatic carboxylic acids is 1. The fourth-order valence-corrected chi connectivity index (χ4v) is 4.27. The van der Waals surface area contributed by atoms with Crippen LogP contribution in [0.25, 0.3) is 5.69 Å². The number of hydrogen-bond acceptors (Lipinski definition) is 7. The zero-order chi connectivity index (χ0) is 25.5. The van der Waals surface area contributed by atoms with E-state index in [1.165, 1.54) is 33.5 Å². The lowest BCUT2D eigenvalue weighted by molar-refractivity contribution is -0.146. The van der Waals surface area contributed by atoms with Crippen LogP contribution in [0.3, 0.4) is 0 Å². The summed E-state index contributed by atoms with van der Waals surface area (Å²) in [6.45, 7) is 0. The number of para-hydroxylation sites is 1. The molecule has 0 aliphatic carbocycles. The minimum absolute atomic E-state index is 0.0227. The molecule has 0 saturated carbocycles. The molecule has 1 N–H and O–H groups in total. The first-order valence-corrected chi connectivity index (χ1v) is 10.5. The van der Waals surface area contributed by atoms with Crippen LogP contribution in [0.2, 0.25) is 5.02 Å². The summed E-state index contributed by atoms with van der Waals surface area (Å²) < 4.78 is 65.1. The van der Waals surface area contributed by atoms with E-state index in [4.69, 9.17) is 30.5 Å². The molecule has 0 fully saturated rings. The van der Waals surface area contributed by atoms with Crippen molar-refractivity contribution >= 4 is 17.6 Å². The predicted octanol–water partition coefficient (Wildman–Crippen LogP) is 4.60. The lowest BCUT2D eigenvalue weighted by atomic mass is 9.97. The third-order valence-electron chi connectivity index (χ3n) is 5.40. The van der Waals surface area contributed by atoms with Crippen LogP contribution in [-0.2, 0) is 15.7 Å². The van der Waals surface area contributed by atoms with Crippen LogP contribution in [0.5, 0.6) is 17.2 Å². The third-order valence-corrected chi connectivity index (χ3v) is 5.62. The molecule has 0 bridgehead atoms. The first-order valence-electron chi connectivity index (χ1n) is 10.1. The van der Waals surface area contributed by atoms with Gasteiger partial charge in [-0.25, -0.2) is 0 Å². The second-order valence-electron chi connectivity index (χ2n) is 7.45. The summed E-state index contributed by atoms with van der Waals surface area (Å²) in [4.78, 5) is 11.7. The number of fused-ring (bicyclic) bond motifs is 3. The van der Waals surface area contributed by atoms with Gasteiger partial charge in [0.05, 0.1) is 33.4 Å². The first kappa shape index (κ1) is 24.6. The van der Waals surface area contributed by atoms with E-state index in [1.807, 2.05) is 0 Å². The van der Waals surface area contributed by atoms with E-state index in [9.17, 15) is 23.1 Å². The number of methoxy groups -OCH3 is 3. The molecule has 13 heteroatoms. The summed E-state index contributed by atoms with van der Waals surface area (Å²) >= 11 is 6.30. The Labute approximate surface area is 201 Å². The Morgan fingerprint density at radius 3 is 2.43 bits per heavy atom. The van der Waals surface area contributed by atoms with Crippen molar-refractivity contribution < 1.29 is 42.0 Å². The monoisotopic (exact) mass is 513 g/mol. The number of ether oxygens (including phenoxy) is 4. The van der Waals surface area contributed by atoms with Gasteiger partial charge >= 0.3 is 12.1 Å². The summed E-state index contributed by atoms with van der Waals surface area (Å²) in [7, 11) is 4.08. The molecular formula is C22H19ClF3N3O6. The molecule has 35 heavy (non-hydrogen) atoms. The average Bonchev–Trinajstić information content (AvgIpc) is 3.20. The van der Waals surface area contributed by atoms with Crippen molar-refractivity contribution in [2.45, 2.75) is 24.8 Å². The molecule has 2 heterocycles. The van der Waals surface area contributed by atoms with Crippen molar-refractivity contribution in [1.82, 2.24) is 14.8 Å². The van der Waals surface area contributed by atoms with Crippen molar-refractivity contribution in [2.75, 3.05) is 21.3 Å². The van der Waals surface area contributed by atoms with Crippen LogP contribution in [0.15, 0.2) is 30.3 Å². The molecule has 0 unspecified atom stereocenters. The number of aromatic nitrogens is 3. The maximum Gasteiger partial charge on any atom is 0.452 e. The van der Waals surface area contributed by atoms with Gasteiger partial charge in [-0.2, -0.15) is 13.2 Å². The molecule has 1 aliphatic rings. The van der Waals surface area contributed by atoms with Crippen molar-refractivity contribution in [2.24, 2.45) is 0 Å². The molecule has 1 aliphatic heterocycles. The highest BCUT2D eigenvalue weighted by molar-refractivity contribution is 6.30. The van der Waals surface area contributed by atoms with E-state index < -0.39 is 36.6 Å². The lowest BCUT2D eigenvalue weighted by Crippen LogP contribution is -2.18. The van der Waals surface area contributed by atoms with E-state index in [2.05, 4.69) is 10.2 Å². The maximum absolute atomic E-state index is 14.0. The molecule has 0 radical (unpaired) electrons. The Morgan fingerprint density at radius 1 is 1.11 bits per heavy atom. The zero-order valence-corrected chi connectivity index (χ0v) is 19.3. The highest BCUT2D eigenvalue weighted by Crippen LogP contribution is 2.49. The van der Waals surface area contributed by atoms with Gasteiger partial charge in [-0.05, 0) is 12.1 Å². The number of benzene rings is 2. The molecule has 0 amide bonds. The number of halogens is 4. The predicted molar refractivity (Wildman–Crippen MR) is 115 cm³/mol. The quantitative estimate of drug-likeness (QED) is 0.510. The lowest BCUT2D eigenvalue weighted by Gasteiger charge is -2.25. The van der Waals surface area contributed by atoms with Crippen LogP contribution < -0.4 is 14.2 Å². The summed E-state index contributed by atoms with van der Waals surface area (Å²) in [5.41, 5.74) is 0.424. The SMILES string of the molecule is COc1cccc([C@@H]2O[C@@H](CC(=O)O)c3nnc(C(F)(F)F)n3-c3c(OC)cc(Cl)cc32)c1OC. The number of alkyl halides is 3. The minimum Gasteiger partial charge on any atom is -0.494 e. The largest absolute Gasteiger partial charge is 0.494 e. The van der Waals surface area contributed by atoms with Gasteiger partial charge in [0.1, 0.15) is 18.0 Å². The zero-order valence-electron chi connectivity index (χ0n) is 18.6. The molecule has 2 atom stereocenters. The Balaban J connectivity index is 2.11. The van der Waals surface area contributed by atoms with Gasteiger partial charge in [-0.1, -0.05) is 23.7 Å². The molecule has 9 nitrogen and oxygen atoms in total. The number of hydrogen-bond donors (Lipinski definition) is 1. The molecule has 0 spiro atoms. The van der Waals surface area contributed by atoms with Gasteiger partial charge in [0.25, 0.3) is 0 Å². The molecule has 3 aromatic rings. The topological polar surface area (TPSA) is 105 Å². The first-order chi connectivity index (χ1) is 16.6. The Morgan fingerprint density at radius 2 is 1.83 bits per heavy atom. The Kier molecular flexibility index (Phi) is 6.52. The number of nitrogens with zero attached hydrogens (tertiary/aromatic N) is 3. The fraction of sp³-hybridized carbons (Fsp3) is 0.318. The highest BCUT2D eigenvalue weighted by Gasteiger charge is 2.45. The molecule has 186 valence electrons. The summed E-state index contributed by atoms with van der Waals surface area (Å²) in [5.74, 6) is -2.49. The molecule has 4 rings (SSSR count). The van der Waals surface area contributed by atoms with E-state index in [0.29, 0.717) is 15.9 Å². The fourth-order valence-electron chi connectivity index (χ4n) is 4.05. The van der Waals surface area contributed by atoms with Crippen LogP contribution in [-0.4, -0.2) is 47.2 Å². The van der Waals surface area contributed by atoms with Crippen molar-refractivity contribution in [3.63, 3.8) is 0 Å². The van der Waals surface area contributed by atoms with Crippen molar-refractivity contribution in [3.8, 4) is 22.9 Å². The van der Waals surface area contributed by atoms with Gasteiger partial charge in [-0.15, -0.1) is 10.2 Å². The van der Waals surface area contributed by atoms with Gasteiger partial charge in [-0.3, -0.25) is 9.36 Å². The number of carboxylic acid groups (broad SMARTS) is 1. The molecule has 0 saturated heterocycles.